The van der Waals surface area contributed by atoms with Gasteiger partial charge in [-0.1, -0.05) is 6.92 Å². The molecule has 0 aromatic carbocycles. The van der Waals surface area contributed by atoms with Crippen LogP contribution in [-0.4, -0.2) is 48.8 Å². The molecule has 3 N–H and O–H groups in total. The molecule has 0 bridgehead atoms. The third kappa shape index (κ3) is 5.46. The van der Waals surface area contributed by atoms with E-state index in [9.17, 15) is 9.59 Å². The first-order valence-electron chi connectivity index (χ1n) is 6.49. The maximum absolute atomic E-state index is 11.3. The number of aliphatic carboxylic acids is 1. The lowest BCUT2D eigenvalue weighted by Crippen LogP contribution is -2.32. The quantitative estimate of drug-likeness (QED) is 0.538. The fourth-order valence-electron chi connectivity index (χ4n) is 1.86. The van der Waals surface area contributed by atoms with E-state index in [0.29, 0.717) is 32.5 Å². The molecular weight excluding hydrogens is 236 g/mol. The van der Waals surface area contributed by atoms with Crippen molar-refractivity contribution >= 4 is 11.9 Å². The third-order valence-corrected chi connectivity index (χ3v) is 2.86. The second-order valence-electron chi connectivity index (χ2n) is 4.47. The summed E-state index contributed by atoms with van der Waals surface area (Å²) in [6, 6.07) is 0. The molecule has 1 fully saturated rings. The number of carbonyl (C=O) groups excluding carboxylic acids is 1. The van der Waals surface area contributed by atoms with Crippen molar-refractivity contribution in [1.82, 2.24) is 10.6 Å². The Balaban J connectivity index is 2.02. The van der Waals surface area contributed by atoms with Gasteiger partial charge in [0, 0.05) is 26.1 Å². The van der Waals surface area contributed by atoms with E-state index in [4.69, 9.17) is 9.84 Å². The summed E-state index contributed by atoms with van der Waals surface area (Å²) in [5, 5.41) is 14.7. The number of hydrogen-bond acceptors (Lipinski definition) is 4. The van der Waals surface area contributed by atoms with Crippen LogP contribution in [0, 0.1) is 0 Å². The normalized spacial score (nSPS) is 22.9. The number of rotatable bonds is 8. The van der Waals surface area contributed by atoms with Gasteiger partial charge in [-0.3, -0.25) is 4.79 Å². The van der Waals surface area contributed by atoms with E-state index >= 15 is 0 Å². The lowest BCUT2D eigenvalue weighted by molar-refractivity contribution is -0.149. The fourth-order valence-corrected chi connectivity index (χ4v) is 1.86. The Labute approximate surface area is 107 Å². The SMILES string of the molecule is CCCNC(=O)CCNCC1CCC(C(=O)O)O1. The Morgan fingerprint density at radius 2 is 2.11 bits per heavy atom. The van der Waals surface area contributed by atoms with Crippen molar-refractivity contribution in [2.24, 2.45) is 0 Å². The van der Waals surface area contributed by atoms with Gasteiger partial charge in [0.15, 0.2) is 6.10 Å². The van der Waals surface area contributed by atoms with Gasteiger partial charge in [0.25, 0.3) is 0 Å². The van der Waals surface area contributed by atoms with Gasteiger partial charge in [0.05, 0.1) is 6.10 Å². The predicted octanol–water partition coefficient (Wildman–Crippen LogP) is 0.125. The molecule has 0 radical (unpaired) electrons. The first-order chi connectivity index (χ1) is 8.63. The van der Waals surface area contributed by atoms with Gasteiger partial charge in [-0.15, -0.1) is 0 Å². The molecule has 0 aromatic heterocycles. The molecule has 1 saturated heterocycles. The molecular formula is C12H22N2O4. The highest BCUT2D eigenvalue weighted by atomic mass is 16.5. The fraction of sp³-hybridized carbons (Fsp3) is 0.833. The Bertz CT molecular complexity index is 283. The zero-order valence-corrected chi connectivity index (χ0v) is 10.8. The Kier molecular flexibility index (Phi) is 6.67. The molecule has 2 atom stereocenters. The van der Waals surface area contributed by atoms with Crippen LogP contribution in [0.4, 0.5) is 0 Å². The minimum atomic E-state index is -0.892. The summed E-state index contributed by atoms with van der Waals surface area (Å²) in [7, 11) is 0. The first-order valence-corrected chi connectivity index (χ1v) is 6.49. The summed E-state index contributed by atoms with van der Waals surface area (Å²) in [5.74, 6) is -0.850. The topological polar surface area (TPSA) is 87.7 Å². The van der Waals surface area contributed by atoms with Gasteiger partial charge < -0.3 is 20.5 Å². The molecule has 1 rings (SSSR count). The zero-order valence-electron chi connectivity index (χ0n) is 10.8. The van der Waals surface area contributed by atoms with E-state index in [2.05, 4.69) is 10.6 Å². The summed E-state index contributed by atoms with van der Waals surface area (Å²) in [6.07, 6.45) is 1.99. The van der Waals surface area contributed by atoms with Crippen molar-refractivity contribution in [2.75, 3.05) is 19.6 Å². The molecule has 6 heteroatoms. The van der Waals surface area contributed by atoms with Crippen LogP contribution in [0.3, 0.4) is 0 Å². The van der Waals surface area contributed by atoms with Crippen molar-refractivity contribution in [3.63, 3.8) is 0 Å². The maximum atomic E-state index is 11.3. The highest BCUT2D eigenvalue weighted by Crippen LogP contribution is 2.18. The van der Waals surface area contributed by atoms with Crippen LogP contribution in [-0.2, 0) is 14.3 Å². The average molecular weight is 258 g/mol. The molecule has 1 aliphatic rings. The van der Waals surface area contributed by atoms with Crippen LogP contribution >= 0.6 is 0 Å². The summed E-state index contributed by atoms with van der Waals surface area (Å²) in [5.41, 5.74) is 0. The number of nitrogens with one attached hydrogen (secondary N) is 2. The standard InChI is InChI=1S/C12H22N2O4/c1-2-6-14-11(15)5-7-13-8-9-3-4-10(18-9)12(16)17/h9-10,13H,2-8H2,1H3,(H,14,15)(H,16,17). The minimum Gasteiger partial charge on any atom is -0.479 e. The van der Waals surface area contributed by atoms with Crippen LogP contribution in [0.5, 0.6) is 0 Å². The summed E-state index contributed by atoms with van der Waals surface area (Å²) < 4.78 is 5.33. The van der Waals surface area contributed by atoms with E-state index in [1.165, 1.54) is 0 Å². The molecule has 6 nitrogen and oxygen atoms in total. The lowest BCUT2D eigenvalue weighted by Gasteiger charge is -2.12. The molecule has 0 saturated carbocycles. The van der Waals surface area contributed by atoms with Crippen molar-refractivity contribution < 1.29 is 19.4 Å². The largest absolute Gasteiger partial charge is 0.479 e. The Morgan fingerprint density at radius 1 is 1.33 bits per heavy atom. The monoisotopic (exact) mass is 258 g/mol. The van der Waals surface area contributed by atoms with Crippen LogP contribution in [0.25, 0.3) is 0 Å². The van der Waals surface area contributed by atoms with Crippen molar-refractivity contribution in [1.29, 1.82) is 0 Å². The van der Waals surface area contributed by atoms with Crippen molar-refractivity contribution in [2.45, 2.75) is 44.8 Å². The van der Waals surface area contributed by atoms with Gasteiger partial charge >= 0.3 is 5.97 Å². The highest BCUT2D eigenvalue weighted by molar-refractivity contribution is 5.76. The van der Waals surface area contributed by atoms with Gasteiger partial charge in [0.2, 0.25) is 5.91 Å². The number of hydrogen-bond donors (Lipinski definition) is 3. The summed E-state index contributed by atoms with van der Waals surface area (Å²) in [6.45, 7) is 3.91. The van der Waals surface area contributed by atoms with Gasteiger partial charge in [-0.2, -0.15) is 0 Å². The molecule has 1 aliphatic heterocycles. The predicted molar refractivity (Wildman–Crippen MR) is 66.3 cm³/mol. The van der Waals surface area contributed by atoms with Crippen molar-refractivity contribution in [3.05, 3.63) is 0 Å². The van der Waals surface area contributed by atoms with Crippen LogP contribution in [0.15, 0.2) is 0 Å². The lowest BCUT2D eigenvalue weighted by atomic mass is 10.2. The van der Waals surface area contributed by atoms with Crippen LogP contribution in [0.2, 0.25) is 0 Å². The van der Waals surface area contributed by atoms with Crippen LogP contribution in [0.1, 0.15) is 32.6 Å². The van der Waals surface area contributed by atoms with E-state index in [0.717, 1.165) is 12.8 Å². The molecule has 2 unspecified atom stereocenters. The second-order valence-corrected chi connectivity index (χ2v) is 4.47. The van der Waals surface area contributed by atoms with Crippen LogP contribution < -0.4 is 10.6 Å². The second kappa shape index (κ2) is 8.05. The molecule has 1 amide bonds. The van der Waals surface area contributed by atoms with Gasteiger partial charge in [-0.05, 0) is 19.3 Å². The smallest absolute Gasteiger partial charge is 0.332 e. The maximum Gasteiger partial charge on any atom is 0.332 e. The zero-order chi connectivity index (χ0) is 13.4. The van der Waals surface area contributed by atoms with Gasteiger partial charge in [0.1, 0.15) is 0 Å². The molecule has 104 valence electrons. The Hall–Kier alpha value is -1.14. The average Bonchev–Trinajstić information content (AvgIpc) is 2.81. The number of carboxylic acid groups (broad SMARTS) is 1. The van der Waals surface area contributed by atoms with E-state index in [1.807, 2.05) is 6.92 Å². The number of ether oxygens (including phenoxy) is 1. The highest BCUT2D eigenvalue weighted by Gasteiger charge is 2.29. The van der Waals surface area contributed by atoms with Crippen molar-refractivity contribution in [3.8, 4) is 0 Å². The van der Waals surface area contributed by atoms with Gasteiger partial charge in [-0.25, -0.2) is 4.79 Å². The molecule has 0 aromatic rings. The van der Waals surface area contributed by atoms with E-state index in [1.54, 1.807) is 0 Å². The third-order valence-electron chi connectivity index (χ3n) is 2.86. The Morgan fingerprint density at radius 3 is 2.72 bits per heavy atom. The molecule has 0 aliphatic carbocycles. The number of carboxylic acids is 1. The molecule has 0 spiro atoms. The summed E-state index contributed by atoms with van der Waals surface area (Å²) in [4.78, 5) is 21.9. The minimum absolute atomic E-state index is 0.0418. The number of carbonyl (C=O) groups is 2. The molecule has 18 heavy (non-hydrogen) atoms. The number of amides is 1. The first kappa shape index (κ1) is 14.9. The summed E-state index contributed by atoms with van der Waals surface area (Å²) >= 11 is 0. The van der Waals surface area contributed by atoms with E-state index in [-0.39, 0.29) is 12.0 Å². The molecule has 1 heterocycles. The van der Waals surface area contributed by atoms with E-state index < -0.39 is 12.1 Å².